The molecule has 0 aromatic rings. The van der Waals surface area contributed by atoms with E-state index in [1.165, 1.54) is 57.4 Å². The lowest BCUT2D eigenvalue weighted by Crippen LogP contribution is -2.41. The molecule has 0 atom stereocenters. The quantitative estimate of drug-likeness (QED) is 0.249. The fourth-order valence-corrected chi connectivity index (χ4v) is 7.29. The van der Waals surface area contributed by atoms with Gasteiger partial charge >= 0.3 is 0 Å². The monoisotopic (exact) mass is 480 g/mol. The van der Waals surface area contributed by atoms with Crippen LogP contribution in [0.2, 0.25) is 0 Å². The second kappa shape index (κ2) is 13.5. The Morgan fingerprint density at radius 2 is 1.26 bits per heavy atom. The highest BCUT2D eigenvalue weighted by molar-refractivity contribution is 4.92. The molecule has 0 spiro atoms. The van der Waals surface area contributed by atoms with E-state index in [-0.39, 0.29) is 12.2 Å². The normalized spacial score (nSPS) is 39.4. The molecule has 1 heterocycles. The molecule has 1 saturated heterocycles. The van der Waals surface area contributed by atoms with E-state index in [4.69, 9.17) is 14.2 Å². The van der Waals surface area contributed by atoms with E-state index in [0.29, 0.717) is 18.4 Å². The van der Waals surface area contributed by atoms with Crippen LogP contribution >= 0.6 is 0 Å². The van der Waals surface area contributed by atoms with Crippen molar-refractivity contribution in [1.82, 2.24) is 0 Å². The van der Waals surface area contributed by atoms with Gasteiger partial charge in [-0.3, -0.25) is 0 Å². The van der Waals surface area contributed by atoms with Crippen molar-refractivity contribution in [3.05, 3.63) is 24.8 Å². The molecule has 0 bridgehead atoms. The summed E-state index contributed by atoms with van der Waals surface area (Å²) in [6.07, 6.45) is 16.9. The van der Waals surface area contributed by atoms with Gasteiger partial charge in [0.25, 0.3) is 6.08 Å². The van der Waals surface area contributed by atoms with Crippen LogP contribution in [0.4, 0.5) is 8.78 Å². The summed E-state index contributed by atoms with van der Waals surface area (Å²) in [5.74, 6) is 4.26. The summed E-state index contributed by atoms with van der Waals surface area (Å²) in [4.78, 5) is 0. The zero-order valence-corrected chi connectivity index (χ0v) is 21.0. The van der Waals surface area contributed by atoms with Gasteiger partial charge in [-0.2, -0.15) is 8.78 Å². The van der Waals surface area contributed by atoms with Crippen LogP contribution < -0.4 is 0 Å². The maximum Gasteiger partial charge on any atom is 0.266 e. The summed E-state index contributed by atoms with van der Waals surface area (Å²) in [6.45, 7) is 6.93. The lowest BCUT2D eigenvalue weighted by atomic mass is 9.67. The lowest BCUT2D eigenvalue weighted by Gasteiger charge is -2.42. The second-order valence-electron chi connectivity index (χ2n) is 11.5. The molecule has 3 nitrogen and oxygen atoms in total. The number of hydrogen-bond acceptors (Lipinski definition) is 3. The molecule has 3 saturated carbocycles. The van der Waals surface area contributed by atoms with E-state index in [1.54, 1.807) is 0 Å². The van der Waals surface area contributed by atoms with E-state index in [2.05, 4.69) is 6.58 Å². The second-order valence-corrected chi connectivity index (χ2v) is 11.5. The topological polar surface area (TPSA) is 27.7 Å². The zero-order chi connectivity index (χ0) is 23.8. The number of hydrogen-bond donors (Lipinski definition) is 0. The predicted molar refractivity (Wildman–Crippen MR) is 131 cm³/mol. The zero-order valence-electron chi connectivity index (χ0n) is 21.0. The van der Waals surface area contributed by atoms with Crippen molar-refractivity contribution in [3.8, 4) is 0 Å². The highest BCUT2D eigenvalue weighted by atomic mass is 19.3. The summed E-state index contributed by atoms with van der Waals surface area (Å²) in [5, 5.41) is 0. The van der Waals surface area contributed by atoms with Gasteiger partial charge < -0.3 is 14.2 Å². The minimum atomic E-state index is -1.50. The van der Waals surface area contributed by atoms with E-state index in [9.17, 15) is 8.78 Å². The van der Waals surface area contributed by atoms with Gasteiger partial charge in [-0.05, 0) is 119 Å². The van der Waals surface area contributed by atoms with Gasteiger partial charge in [-0.25, -0.2) is 0 Å². The molecule has 0 aromatic heterocycles. The Morgan fingerprint density at radius 3 is 1.82 bits per heavy atom. The Morgan fingerprint density at radius 1 is 0.735 bits per heavy atom. The van der Waals surface area contributed by atoms with Gasteiger partial charge in [0.2, 0.25) is 0 Å². The molecule has 0 aromatic carbocycles. The molecule has 194 valence electrons. The molecule has 3 aliphatic carbocycles. The summed E-state index contributed by atoms with van der Waals surface area (Å²) in [5.41, 5.74) is 0. The Labute approximate surface area is 205 Å². The van der Waals surface area contributed by atoms with Gasteiger partial charge in [0, 0.05) is 18.4 Å². The molecular weight excluding hydrogens is 434 g/mol. The van der Waals surface area contributed by atoms with Crippen LogP contribution in [-0.2, 0) is 14.2 Å². The van der Waals surface area contributed by atoms with Gasteiger partial charge in [0.05, 0.1) is 19.8 Å². The van der Waals surface area contributed by atoms with Crippen LogP contribution in [0.3, 0.4) is 0 Å². The van der Waals surface area contributed by atoms with Crippen LogP contribution in [0.25, 0.3) is 0 Å². The van der Waals surface area contributed by atoms with Crippen molar-refractivity contribution in [1.29, 1.82) is 0 Å². The third-order valence-corrected chi connectivity index (χ3v) is 9.46. The molecule has 0 radical (unpaired) electrons. The molecule has 4 rings (SSSR count). The molecule has 1 aliphatic heterocycles. The Bertz CT molecular complexity index is 617. The van der Waals surface area contributed by atoms with E-state index in [1.807, 2.05) is 6.08 Å². The lowest BCUT2D eigenvalue weighted by molar-refractivity contribution is -0.237. The van der Waals surface area contributed by atoms with Crippen molar-refractivity contribution in [2.45, 2.75) is 89.8 Å². The highest BCUT2D eigenvalue weighted by Gasteiger charge is 2.37. The Kier molecular flexibility index (Phi) is 10.4. The summed E-state index contributed by atoms with van der Waals surface area (Å²) >= 11 is 0. The van der Waals surface area contributed by atoms with Crippen molar-refractivity contribution in [2.75, 3.05) is 26.4 Å². The highest BCUT2D eigenvalue weighted by Crippen LogP contribution is 2.44. The minimum absolute atomic E-state index is 0.00365. The Hall–Kier alpha value is -0.780. The molecule has 0 amide bonds. The largest absolute Gasteiger partial charge is 0.377 e. The van der Waals surface area contributed by atoms with Crippen molar-refractivity contribution in [2.24, 2.45) is 41.4 Å². The summed E-state index contributed by atoms with van der Waals surface area (Å²) in [6, 6.07) is 0. The molecule has 0 N–H and O–H groups in total. The molecule has 4 fully saturated rings. The minimum Gasteiger partial charge on any atom is -0.377 e. The van der Waals surface area contributed by atoms with Crippen LogP contribution in [0.15, 0.2) is 24.8 Å². The summed E-state index contributed by atoms with van der Waals surface area (Å²) < 4.78 is 43.2. The predicted octanol–water partition coefficient (Wildman–Crippen LogP) is 7.77. The SMILES string of the molecule is C=CCOCCC1CCC(C2OCC(C3CCC(C4CCC(C=C(F)F)CC4)CC3)CO2)CC1. The fourth-order valence-electron chi connectivity index (χ4n) is 7.29. The third kappa shape index (κ3) is 7.61. The first-order valence-electron chi connectivity index (χ1n) is 14.1. The first-order chi connectivity index (χ1) is 16.6. The van der Waals surface area contributed by atoms with Crippen molar-refractivity contribution < 1.29 is 23.0 Å². The maximum absolute atomic E-state index is 12.5. The molecule has 5 heteroatoms. The number of halogens is 2. The van der Waals surface area contributed by atoms with Crippen LogP contribution in [0.1, 0.15) is 83.5 Å². The van der Waals surface area contributed by atoms with Gasteiger partial charge in [-0.15, -0.1) is 6.58 Å². The van der Waals surface area contributed by atoms with Gasteiger partial charge in [-0.1, -0.05) is 6.08 Å². The number of allylic oxidation sites excluding steroid dienone is 1. The first-order valence-corrected chi connectivity index (χ1v) is 14.1. The standard InChI is InChI=1S/C29H46F2O3/c1-2-16-32-17-15-21-3-9-26(10-4-21)29-33-19-27(20-34-29)25-13-11-24(12-14-25)23-7-5-22(6-8-23)18-28(30)31/h2,18,21-27,29H,1,3-17,19-20H2. The average molecular weight is 481 g/mol. The first kappa shape index (κ1) is 26.3. The Balaban J connectivity index is 1.10. The maximum atomic E-state index is 12.5. The molecule has 34 heavy (non-hydrogen) atoms. The average Bonchev–Trinajstić information content (AvgIpc) is 2.87. The smallest absolute Gasteiger partial charge is 0.266 e. The fraction of sp³-hybridized carbons (Fsp3) is 0.862. The number of rotatable bonds is 9. The van der Waals surface area contributed by atoms with Crippen LogP contribution in [-0.4, -0.2) is 32.7 Å². The van der Waals surface area contributed by atoms with Crippen molar-refractivity contribution >= 4 is 0 Å². The van der Waals surface area contributed by atoms with Gasteiger partial charge in [0.15, 0.2) is 6.29 Å². The summed E-state index contributed by atoms with van der Waals surface area (Å²) in [7, 11) is 0. The molecule has 0 unspecified atom stereocenters. The van der Waals surface area contributed by atoms with E-state index < -0.39 is 6.08 Å². The third-order valence-electron chi connectivity index (χ3n) is 9.46. The van der Waals surface area contributed by atoms with Crippen LogP contribution in [0, 0.1) is 41.4 Å². The van der Waals surface area contributed by atoms with Crippen LogP contribution in [0.5, 0.6) is 0 Å². The van der Waals surface area contributed by atoms with Crippen molar-refractivity contribution in [3.63, 3.8) is 0 Å². The van der Waals surface area contributed by atoms with E-state index >= 15 is 0 Å². The van der Waals surface area contributed by atoms with Gasteiger partial charge in [0.1, 0.15) is 0 Å². The molecular formula is C29H46F2O3. The van der Waals surface area contributed by atoms with E-state index in [0.717, 1.165) is 75.6 Å². The number of ether oxygens (including phenoxy) is 3. The molecule has 4 aliphatic rings.